The Kier molecular flexibility index (Phi) is 5.64. The highest BCUT2D eigenvalue weighted by molar-refractivity contribution is 7.99. The Labute approximate surface area is 282 Å². The van der Waals surface area contributed by atoms with Crippen molar-refractivity contribution >= 4 is 54.9 Å². The van der Waals surface area contributed by atoms with Gasteiger partial charge in [0.05, 0.1) is 5.41 Å². The van der Waals surface area contributed by atoms with Crippen LogP contribution in [0.15, 0.2) is 131 Å². The topological polar surface area (TPSA) is 49.7 Å². The van der Waals surface area contributed by atoms with E-state index >= 15 is 0 Å². The summed E-state index contributed by atoms with van der Waals surface area (Å²) in [7, 11) is 0. The average Bonchev–Trinajstić information content (AvgIpc) is 3.13. The minimum Gasteiger partial charge on any atom is -0.507 e. The Balaban J connectivity index is 1.50. The molecule has 48 heavy (non-hydrogen) atoms. The summed E-state index contributed by atoms with van der Waals surface area (Å²) in [5.74, 6) is 2.25. The van der Waals surface area contributed by atoms with E-state index in [0.29, 0.717) is 17.9 Å². The van der Waals surface area contributed by atoms with Crippen molar-refractivity contribution in [2.75, 3.05) is 0 Å². The number of fused-ring (bicyclic) bond motifs is 16. The molecule has 230 valence electrons. The van der Waals surface area contributed by atoms with Crippen LogP contribution >= 0.6 is 11.8 Å². The van der Waals surface area contributed by atoms with Crippen LogP contribution in [-0.2, 0) is 11.8 Å². The van der Waals surface area contributed by atoms with Gasteiger partial charge in [-0.25, -0.2) is 0 Å². The predicted octanol–water partition coefficient (Wildman–Crippen LogP) is 11.5. The average molecular weight is 639 g/mol. The number of aryl methyl sites for hydroxylation is 2. The molecular weight excluding hydrogens is 609 g/mol. The van der Waals surface area contributed by atoms with Crippen LogP contribution in [0.3, 0.4) is 0 Å². The zero-order valence-electron chi connectivity index (χ0n) is 26.5. The summed E-state index contributed by atoms with van der Waals surface area (Å²) in [4.78, 5) is 2.43. The number of hydrogen-bond acceptors (Lipinski definition) is 4. The zero-order valence-corrected chi connectivity index (χ0v) is 27.3. The second-order valence-corrected chi connectivity index (χ2v) is 14.0. The Morgan fingerprint density at radius 2 is 1.00 bits per heavy atom. The van der Waals surface area contributed by atoms with Crippen molar-refractivity contribution < 1.29 is 14.9 Å². The second kappa shape index (κ2) is 9.79. The third-order valence-electron chi connectivity index (χ3n) is 10.8. The Hall–Kier alpha value is -5.45. The smallest absolute Gasteiger partial charge is 0.140 e. The molecule has 1 spiro atoms. The van der Waals surface area contributed by atoms with Gasteiger partial charge in [0.1, 0.15) is 23.0 Å². The van der Waals surface area contributed by atoms with Crippen molar-refractivity contribution in [1.82, 2.24) is 0 Å². The third-order valence-corrected chi connectivity index (χ3v) is 11.9. The molecule has 2 aliphatic rings. The number of hydrogen-bond donors (Lipinski definition) is 2. The molecule has 0 atom stereocenters. The standard InChI is InChI=1S/C44H30O3S/c1-3-25-29-21-23-35-43(39(29)28-13-5-7-15-31(28)41(25)46)47-42-34(22-20-26-24(2)40(45)30-14-6-4-12-27(30)38(26)42)44(35)32-16-8-10-18-36(32)48-37-19-11-9-17-33(37)44/h4-23,45-46H,3H2,1-2H3. The molecule has 2 heterocycles. The van der Waals surface area contributed by atoms with E-state index in [4.69, 9.17) is 4.74 Å². The van der Waals surface area contributed by atoms with E-state index in [1.165, 1.54) is 20.9 Å². The SMILES string of the molecule is CCc1c(O)c2ccccc2c2c3c(ccc12)C1(c2ccccc2Sc2ccccc21)c1ccc2c(C)c(O)c4ccccc4c2c1O3. The first-order valence-electron chi connectivity index (χ1n) is 16.5. The minimum absolute atomic E-state index is 0.299. The first-order valence-corrected chi connectivity index (χ1v) is 17.3. The maximum absolute atomic E-state index is 11.6. The molecule has 0 unspecified atom stereocenters. The molecule has 4 heteroatoms. The van der Waals surface area contributed by atoms with E-state index < -0.39 is 5.41 Å². The molecule has 0 amide bonds. The molecule has 0 saturated carbocycles. The van der Waals surface area contributed by atoms with Crippen molar-refractivity contribution in [3.63, 3.8) is 0 Å². The molecular formula is C44H30O3S. The Bertz CT molecular complexity index is 2660. The van der Waals surface area contributed by atoms with Gasteiger partial charge in [-0.1, -0.05) is 128 Å². The van der Waals surface area contributed by atoms with Crippen LogP contribution in [0.2, 0.25) is 0 Å². The lowest BCUT2D eigenvalue weighted by Gasteiger charge is -2.46. The van der Waals surface area contributed by atoms with E-state index in [1.54, 1.807) is 0 Å². The van der Waals surface area contributed by atoms with Crippen LogP contribution < -0.4 is 4.74 Å². The van der Waals surface area contributed by atoms with Gasteiger partial charge in [-0.05, 0) is 63.7 Å². The maximum Gasteiger partial charge on any atom is 0.140 e. The van der Waals surface area contributed by atoms with Crippen LogP contribution in [0.5, 0.6) is 23.0 Å². The highest BCUT2D eigenvalue weighted by Crippen LogP contribution is 2.64. The Morgan fingerprint density at radius 1 is 0.521 bits per heavy atom. The van der Waals surface area contributed by atoms with Gasteiger partial charge in [0.25, 0.3) is 0 Å². The number of aromatic hydroxyl groups is 2. The summed E-state index contributed by atoms with van der Waals surface area (Å²) in [6.45, 7) is 4.09. The molecule has 0 saturated heterocycles. The first kappa shape index (κ1) is 27.6. The monoisotopic (exact) mass is 638 g/mol. The number of benzene rings is 8. The van der Waals surface area contributed by atoms with Gasteiger partial charge < -0.3 is 14.9 Å². The van der Waals surface area contributed by atoms with Gasteiger partial charge in [-0.15, -0.1) is 0 Å². The van der Waals surface area contributed by atoms with E-state index in [9.17, 15) is 10.2 Å². The van der Waals surface area contributed by atoms with Crippen LogP contribution in [0.25, 0.3) is 43.1 Å². The maximum atomic E-state index is 11.6. The highest BCUT2D eigenvalue weighted by Gasteiger charge is 2.50. The van der Waals surface area contributed by atoms with Crippen molar-refractivity contribution in [2.24, 2.45) is 0 Å². The molecule has 2 N–H and O–H groups in total. The molecule has 0 bridgehead atoms. The van der Waals surface area contributed by atoms with Gasteiger partial charge >= 0.3 is 0 Å². The van der Waals surface area contributed by atoms with E-state index in [1.807, 2.05) is 55.1 Å². The molecule has 8 aromatic rings. The summed E-state index contributed by atoms with van der Waals surface area (Å²) < 4.78 is 7.44. The van der Waals surface area contributed by atoms with Crippen LogP contribution in [0, 0.1) is 6.92 Å². The molecule has 0 aliphatic carbocycles. The van der Waals surface area contributed by atoms with Crippen molar-refractivity contribution in [1.29, 1.82) is 0 Å². The summed E-state index contributed by atoms with van der Waals surface area (Å²) in [6, 6.07) is 42.6. The number of rotatable bonds is 1. The molecule has 0 radical (unpaired) electrons. The van der Waals surface area contributed by atoms with Crippen LogP contribution in [-0.4, -0.2) is 10.2 Å². The Morgan fingerprint density at radius 3 is 1.58 bits per heavy atom. The molecule has 8 aromatic carbocycles. The fourth-order valence-corrected chi connectivity index (χ4v) is 9.87. The largest absolute Gasteiger partial charge is 0.507 e. The third kappa shape index (κ3) is 3.30. The quantitative estimate of drug-likeness (QED) is 0.176. The molecule has 2 aliphatic heterocycles. The molecule has 10 rings (SSSR count). The van der Waals surface area contributed by atoms with Crippen molar-refractivity contribution in [2.45, 2.75) is 35.5 Å². The lowest BCUT2D eigenvalue weighted by molar-refractivity contribution is 0.442. The van der Waals surface area contributed by atoms with Gasteiger partial charge in [0.2, 0.25) is 0 Å². The molecule has 3 nitrogen and oxygen atoms in total. The van der Waals surface area contributed by atoms with Gasteiger partial charge in [0.15, 0.2) is 0 Å². The van der Waals surface area contributed by atoms with Crippen LogP contribution in [0.4, 0.5) is 0 Å². The second-order valence-electron chi connectivity index (χ2n) is 12.9. The molecule has 0 aromatic heterocycles. The number of ether oxygens (including phenoxy) is 1. The van der Waals surface area contributed by atoms with Gasteiger partial charge in [-0.3, -0.25) is 0 Å². The van der Waals surface area contributed by atoms with Crippen molar-refractivity contribution in [3.05, 3.63) is 155 Å². The van der Waals surface area contributed by atoms with Gasteiger partial charge in [-0.2, -0.15) is 0 Å². The van der Waals surface area contributed by atoms with E-state index in [0.717, 1.165) is 76.8 Å². The minimum atomic E-state index is -0.692. The normalized spacial score (nSPS) is 14.1. The van der Waals surface area contributed by atoms with Crippen LogP contribution in [0.1, 0.15) is 40.3 Å². The lowest BCUT2D eigenvalue weighted by atomic mass is 9.62. The summed E-state index contributed by atoms with van der Waals surface area (Å²) in [5.41, 5.74) is 5.65. The fraction of sp³-hybridized carbons (Fsp3) is 0.0909. The van der Waals surface area contributed by atoms with Gasteiger partial charge in [0, 0.05) is 48.0 Å². The predicted molar refractivity (Wildman–Crippen MR) is 196 cm³/mol. The first-order chi connectivity index (χ1) is 23.5. The summed E-state index contributed by atoms with van der Waals surface area (Å²) >= 11 is 1.82. The number of phenols is 2. The van der Waals surface area contributed by atoms with E-state index in [2.05, 4.69) is 91.9 Å². The van der Waals surface area contributed by atoms with Crippen molar-refractivity contribution in [3.8, 4) is 23.0 Å². The summed E-state index contributed by atoms with van der Waals surface area (Å²) in [5, 5.41) is 30.5. The highest BCUT2D eigenvalue weighted by atomic mass is 32.2. The lowest BCUT2D eigenvalue weighted by Crippen LogP contribution is -2.36. The fourth-order valence-electron chi connectivity index (χ4n) is 8.68. The number of phenolic OH excluding ortho intramolecular Hbond substituents is 2. The van der Waals surface area contributed by atoms with E-state index in [-0.39, 0.29) is 0 Å². The summed E-state index contributed by atoms with van der Waals surface area (Å²) in [6.07, 6.45) is 0.683. The molecule has 0 fully saturated rings. The zero-order chi connectivity index (χ0) is 32.3.